The second-order valence-electron chi connectivity index (χ2n) is 7.78. The fourth-order valence-electron chi connectivity index (χ4n) is 3.57. The van der Waals surface area contributed by atoms with Crippen LogP contribution in [-0.4, -0.2) is 67.1 Å². The van der Waals surface area contributed by atoms with Gasteiger partial charge >= 0.3 is 19.5 Å². The molecule has 3 N–H and O–H groups in total. The molecule has 5 atom stereocenters. The summed E-state index contributed by atoms with van der Waals surface area (Å²) in [5.41, 5.74) is 7.17. The highest BCUT2D eigenvalue weighted by Gasteiger charge is 2.51. The number of nitrogen functional groups attached to an aromatic ring is 1. The van der Waals surface area contributed by atoms with Gasteiger partial charge in [0, 0.05) is 19.5 Å². The summed E-state index contributed by atoms with van der Waals surface area (Å²) in [6.45, 7) is 7.87. The van der Waals surface area contributed by atoms with Crippen LogP contribution < -0.4 is 10.5 Å². The standard InChI is InChI=1S/C22H34NO10P/c1-6-28-34(27,29-7-2)11-10-18-19(26)20(30-14(4)24)21(31-15(5)25)22(33-18)32-16-8-9-17(23)13(3)12-16/h8-9,12,18-22,26H,6-7,10-11,23H2,1-5H3/t18-,19-,20+,21+,22+/m1/s1. The van der Waals surface area contributed by atoms with E-state index in [0.717, 1.165) is 5.56 Å². The van der Waals surface area contributed by atoms with Crippen LogP contribution >= 0.6 is 7.60 Å². The summed E-state index contributed by atoms with van der Waals surface area (Å²) in [5, 5.41) is 10.9. The van der Waals surface area contributed by atoms with Crippen molar-refractivity contribution in [3.8, 4) is 5.75 Å². The highest BCUT2D eigenvalue weighted by atomic mass is 31.2. The van der Waals surface area contributed by atoms with Crippen LogP contribution in [0.1, 0.15) is 39.7 Å². The van der Waals surface area contributed by atoms with Crippen molar-refractivity contribution in [1.82, 2.24) is 0 Å². The topological polar surface area (TPSA) is 153 Å². The van der Waals surface area contributed by atoms with Crippen LogP contribution in [0.25, 0.3) is 0 Å². The monoisotopic (exact) mass is 503 g/mol. The number of hydrogen-bond acceptors (Lipinski definition) is 11. The number of aliphatic hydroxyl groups excluding tert-OH is 1. The smallest absolute Gasteiger partial charge is 0.330 e. The van der Waals surface area contributed by atoms with Crippen LogP contribution in [-0.2, 0) is 37.4 Å². The molecule has 1 saturated heterocycles. The predicted molar refractivity (Wildman–Crippen MR) is 122 cm³/mol. The van der Waals surface area contributed by atoms with E-state index < -0.39 is 50.2 Å². The molecule has 1 aliphatic heterocycles. The number of esters is 2. The minimum atomic E-state index is -3.43. The third-order valence-electron chi connectivity index (χ3n) is 5.06. The fraction of sp³-hybridized carbons (Fsp3) is 0.636. The van der Waals surface area contributed by atoms with Crippen LogP contribution in [0.4, 0.5) is 5.69 Å². The normalized spacial score (nSPS) is 24.9. The highest BCUT2D eigenvalue weighted by Crippen LogP contribution is 2.49. The molecule has 0 bridgehead atoms. The molecule has 0 amide bonds. The van der Waals surface area contributed by atoms with Gasteiger partial charge in [0.25, 0.3) is 0 Å². The van der Waals surface area contributed by atoms with Gasteiger partial charge in [0.1, 0.15) is 11.9 Å². The molecular formula is C22H34NO10P. The van der Waals surface area contributed by atoms with E-state index in [4.69, 9.17) is 33.7 Å². The van der Waals surface area contributed by atoms with Crippen LogP contribution in [0, 0.1) is 6.92 Å². The second kappa shape index (κ2) is 12.5. The SMILES string of the molecule is CCOP(=O)(CC[C@H]1O[C@H](Oc2ccc(N)c(C)c2)[C@@H](OC(C)=O)[C@@H](OC(C)=O)[C@@H]1O)OCC. The lowest BCUT2D eigenvalue weighted by atomic mass is 9.96. The molecule has 2 rings (SSSR count). The van der Waals surface area contributed by atoms with Gasteiger partial charge in [0.05, 0.1) is 25.5 Å². The summed E-state index contributed by atoms with van der Waals surface area (Å²) in [6.07, 6.45) is -6.24. The fourth-order valence-corrected chi connectivity index (χ4v) is 5.26. The first-order valence-electron chi connectivity index (χ1n) is 11.1. The first kappa shape index (κ1) is 28.1. The molecule has 0 radical (unpaired) electrons. The molecular weight excluding hydrogens is 469 g/mol. The van der Waals surface area contributed by atoms with E-state index >= 15 is 0 Å². The first-order valence-corrected chi connectivity index (χ1v) is 12.8. The maximum atomic E-state index is 12.9. The minimum Gasteiger partial charge on any atom is -0.461 e. The Morgan fingerprint density at radius 2 is 1.68 bits per heavy atom. The van der Waals surface area contributed by atoms with E-state index in [0.29, 0.717) is 11.4 Å². The van der Waals surface area contributed by atoms with Gasteiger partial charge in [0.15, 0.2) is 6.10 Å². The largest absolute Gasteiger partial charge is 0.461 e. The molecule has 11 nitrogen and oxygen atoms in total. The van der Waals surface area contributed by atoms with Crippen LogP contribution in [0.5, 0.6) is 5.75 Å². The molecule has 0 unspecified atom stereocenters. The Hall–Kier alpha value is -2.17. The summed E-state index contributed by atoms with van der Waals surface area (Å²) in [4.78, 5) is 23.6. The molecule has 1 fully saturated rings. The maximum absolute atomic E-state index is 12.9. The zero-order chi connectivity index (χ0) is 25.5. The molecule has 1 aromatic rings. The Morgan fingerprint density at radius 1 is 1.09 bits per heavy atom. The van der Waals surface area contributed by atoms with Gasteiger partial charge in [-0.05, 0) is 51.0 Å². The lowest BCUT2D eigenvalue weighted by molar-refractivity contribution is -0.280. The second-order valence-corrected chi connectivity index (χ2v) is 9.96. The zero-order valence-corrected chi connectivity index (χ0v) is 21.0. The van der Waals surface area contributed by atoms with Crippen molar-refractivity contribution in [1.29, 1.82) is 0 Å². The summed E-state index contributed by atoms with van der Waals surface area (Å²) in [5.74, 6) is -1.02. The zero-order valence-electron chi connectivity index (χ0n) is 20.1. The summed E-state index contributed by atoms with van der Waals surface area (Å²) in [7, 11) is -3.43. The molecule has 0 aromatic heterocycles. The number of aliphatic hydroxyl groups is 1. The first-order chi connectivity index (χ1) is 16.0. The number of hydrogen-bond donors (Lipinski definition) is 2. The van der Waals surface area contributed by atoms with Crippen molar-refractivity contribution in [2.24, 2.45) is 0 Å². The van der Waals surface area contributed by atoms with Gasteiger partial charge in [-0.1, -0.05) is 0 Å². The summed E-state index contributed by atoms with van der Waals surface area (Å²) >= 11 is 0. The van der Waals surface area contributed by atoms with Gasteiger partial charge in [-0.2, -0.15) is 0 Å². The number of carbonyl (C=O) groups is 2. The van der Waals surface area contributed by atoms with Gasteiger partial charge in [-0.25, -0.2) is 0 Å². The maximum Gasteiger partial charge on any atom is 0.330 e. The van der Waals surface area contributed by atoms with Crippen molar-refractivity contribution in [3.63, 3.8) is 0 Å². The number of aryl methyl sites for hydroxylation is 1. The van der Waals surface area contributed by atoms with Crippen LogP contribution in [0.2, 0.25) is 0 Å². The molecule has 34 heavy (non-hydrogen) atoms. The Bertz CT molecular complexity index is 884. The third kappa shape index (κ3) is 7.68. The molecule has 192 valence electrons. The van der Waals surface area contributed by atoms with E-state index in [1.165, 1.54) is 13.8 Å². The van der Waals surface area contributed by atoms with E-state index in [1.807, 2.05) is 0 Å². The summed E-state index contributed by atoms with van der Waals surface area (Å²) in [6, 6.07) is 4.92. The third-order valence-corrected chi connectivity index (χ3v) is 7.16. The van der Waals surface area contributed by atoms with Crippen molar-refractivity contribution in [2.45, 2.75) is 71.7 Å². The lowest BCUT2D eigenvalue weighted by Crippen LogP contribution is -2.61. The van der Waals surface area contributed by atoms with E-state index in [1.54, 1.807) is 39.0 Å². The number of rotatable bonds is 11. The lowest BCUT2D eigenvalue weighted by Gasteiger charge is -2.43. The quantitative estimate of drug-likeness (QED) is 0.260. The Morgan fingerprint density at radius 3 is 2.21 bits per heavy atom. The molecule has 0 aliphatic carbocycles. The Balaban J connectivity index is 2.34. The van der Waals surface area contributed by atoms with E-state index in [2.05, 4.69) is 0 Å². The predicted octanol–water partition coefficient (Wildman–Crippen LogP) is 2.56. The van der Waals surface area contributed by atoms with Gasteiger partial charge < -0.3 is 38.8 Å². The number of benzene rings is 1. The highest BCUT2D eigenvalue weighted by molar-refractivity contribution is 7.53. The van der Waals surface area contributed by atoms with Crippen molar-refractivity contribution >= 4 is 25.2 Å². The van der Waals surface area contributed by atoms with Gasteiger partial charge in [-0.3, -0.25) is 14.2 Å². The number of nitrogens with two attached hydrogens (primary N) is 1. The molecule has 12 heteroatoms. The van der Waals surface area contributed by atoms with Gasteiger partial charge in [-0.15, -0.1) is 0 Å². The van der Waals surface area contributed by atoms with Crippen LogP contribution in [0.3, 0.4) is 0 Å². The summed E-state index contributed by atoms with van der Waals surface area (Å²) < 4.78 is 46.0. The van der Waals surface area contributed by atoms with Crippen molar-refractivity contribution < 1.29 is 47.3 Å². The number of ether oxygens (including phenoxy) is 4. The van der Waals surface area contributed by atoms with Crippen molar-refractivity contribution in [2.75, 3.05) is 25.1 Å². The van der Waals surface area contributed by atoms with Crippen LogP contribution in [0.15, 0.2) is 18.2 Å². The molecule has 1 heterocycles. The Kier molecular flexibility index (Phi) is 10.3. The number of anilines is 1. The average Bonchev–Trinajstić information content (AvgIpc) is 2.74. The minimum absolute atomic E-state index is 0.0314. The number of carbonyl (C=O) groups excluding carboxylic acids is 2. The molecule has 1 aliphatic rings. The Labute approximate surface area is 199 Å². The molecule has 0 spiro atoms. The van der Waals surface area contributed by atoms with E-state index in [9.17, 15) is 19.3 Å². The van der Waals surface area contributed by atoms with Gasteiger partial charge in [0.2, 0.25) is 12.4 Å². The average molecular weight is 503 g/mol. The van der Waals surface area contributed by atoms with Crippen molar-refractivity contribution in [3.05, 3.63) is 23.8 Å². The van der Waals surface area contributed by atoms with E-state index in [-0.39, 0.29) is 25.8 Å². The molecule has 1 aromatic carbocycles. The molecule has 0 saturated carbocycles.